The van der Waals surface area contributed by atoms with Crippen LogP contribution in [0.3, 0.4) is 0 Å². The van der Waals surface area contributed by atoms with E-state index in [0.717, 1.165) is 22.4 Å². The molecule has 0 N–H and O–H groups in total. The van der Waals surface area contributed by atoms with Gasteiger partial charge in [0.1, 0.15) is 5.52 Å². The highest BCUT2D eigenvalue weighted by Crippen LogP contribution is 2.27. The van der Waals surface area contributed by atoms with Crippen molar-refractivity contribution < 1.29 is 4.42 Å². The highest BCUT2D eigenvalue weighted by Gasteiger charge is 2.07. The van der Waals surface area contributed by atoms with Gasteiger partial charge < -0.3 is 4.42 Å². The Morgan fingerprint density at radius 3 is 2.85 bits per heavy atom. The number of hydrogen-bond acceptors (Lipinski definition) is 4. The Balaban J connectivity index is 1.77. The summed E-state index contributed by atoms with van der Waals surface area (Å²) in [5, 5.41) is 9.54. The highest BCUT2D eigenvalue weighted by atomic mass is 32.2. The van der Waals surface area contributed by atoms with Crippen molar-refractivity contribution in [2.75, 3.05) is 0 Å². The third-order valence-electron chi connectivity index (χ3n) is 3.10. The molecule has 0 unspecified atom stereocenters. The van der Waals surface area contributed by atoms with Crippen LogP contribution in [-0.2, 0) is 5.75 Å². The molecule has 0 bridgehead atoms. The van der Waals surface area contributed by atoms with Crippen molar-refractivity contribution in [1.82, 2.24) is 4.98 Å². The zero-order chi connectivity index (χ0) is 13.9. The standard InChI is InChI=1S/C16H12N2OS/c1-11-8-12(9-17)6-7-13(11)10-20-16-18-14-4-2-3-5-15(14)19-16/h2-8H,10H2,1H3. The molecule has 0 fully saturated rings. The van der Waals surface area contributed by atoms with Gasteiger partial charge in [-0.2, -0.15) is 5.26 Å². The van der Waals surface area contributed by atoms with Crippen LogP contribution in [0.25, 0.3) is 11.1 Å². The van der Waals surface area contributed by atoms with Gasteiger partial charge in [0.25, 0.3) is 5.22 Å². The van der Waals surface area contributed by atoms with E-state index in [2.05, 4.69) is 11.1 Å². The summed E-state index contributed by atoms with van der Waals surface area (Å²) in [6, 6.07) is 15.6. The minimum absolute atomic E-state index is 0.676. The molecular weight excluding hydrogens is 268 g/mol. The molecular formula is C16H12N2OS. The van der Waals surface area contributed by atoms with Crippen LogP contribution < -0.4 is 0 Å². The number of benzene rings is 2. The van der Waals surface area contributed by atoms with Crippen molar-refractivity contribution in [2.24, 2.45) is 0 Å². The van der Waals surface area contributed by atoms with E-state index in [9.17, 15) is 0 Å². The van der Waals surface area contributed by atoms with Crippen LogP contribution in [0.1, 0.15) is 16.7 Å². The van der Waals surface area contributed by atoms with Crippen molar-refractivity contribution in [1.29, 1.82) is 5.26 Å². The number of thioether (sulfide) groups is 1. The lowest BCUT2D eigenvalue weighted by Gasteiger charge is -2.03. The van der Waals surface area contributed by atoms with Crippen LogP contribution in [-0.4, -0.2) is 4.98 Å². The van der Waals surface area contributed by atoms with Crippen LogP contribution in [0, 0.1) is 18.3 Å². The Kier molecular flexibility index (Phi) is 3.44. The van der Waals surface area contributed by atoms with Crippen molar-refractivity contribution in [2.45, 2.75) is 17.9 Å². The number of aryl methyl sites for hydroxylation is 1. The lowest BCUT2D eigenvalue weighted by atomic mass is 10.1. The maximum absolute atomic E-state index is 8.86. The molecule has 20 heavy (non-hydrogen) atoms. The lowest BCUT2D eigenvalue weighted by molar-refractivity contribution is 0.489. The SMILES string of the molecule is Cc1cc(C#N)ccc1CSc1nc2ccccc2o1. The molecule has 1 aromatic heterocycles. The molecule has 0 radical (unpaired) electrons. The quantitative estimate of drug-likeness (QED) is 0.671. The molecule has 0 aliphatic carbocycles. The minimum atomic E-state index is 0.676. The first kappa shape index (κ1) is 12.8. The van der Waals surface area contributed by atoms with Gasteiger partial charge in [0, 0.05) is 5.75 Å². The zero-order valence-corrected chi connectivity index (χ0v) is 11.8. The van der Waals surface area contributed by atoms with Gasteiger partial charge >= 0.3 is 0 Å². The van der Waals surface area contributed by atoms with Gasteiger partial charge in [-0.1, -0.05) is 30.0 Å². The van der Waals surface area contributed by atoms with Crippen molar-refractivity contribution in [3.8, 4) is 6.07 Å². The predicted octanol–water partition coefficient (Wildman–Crippen LogP) is 4.30. The zero-order valence-electron chi connectivity index (χ0n) is 11.0. The summed E-state index contributed by atoms with van der Waals surface area (Å²) in [5.74, 6) is 0.782. The predicted molar refractivity (Wildman–Crippen MR) is 79.5 cm³/mol. The molecule has 0 saturated carbocycles. The molecule has 0 aliphatic rings. The third kappa shape index (κ3) is 2.54. The van der Waals surface area contributed by atoms with E-state index in [1.807, 2.05) is 49.4 Å². The summed E-state index contributed by atoms with van der Waals surface area (Å²) in [5.41, 5.74) is 4.69. The fourth-order valence-corrected chi connectivity index (χ4v) is 2.89. The fraction of sp³-hybridized carbons (Fsp3) is 0.125. The Morgan fingerprint density at radius 2 is 2.10 bits per heavy atom. The van der Waals surface area contributed by atoms with Gasteiger partial charge in [-0.15, -0.1) is 0 Å². The molecule has 0 amide bonds. The van der Waals surface area contributed by atoms with Gasteiger partial charge in [-0.25, -0.2) is 4.98 Å². The highest BCUT2D eigenvalue weighted by molar-refractivity contribution is 7.98. The molecule has 98 valence electrons. The summed E-state index contributed by atoms with van der Waals surface area (Å²) in [4.78, 5) is 4.44. The fourth-order valence-electron chi connectivity index (χ4n) is 1.98. The van der Waals surface area contributed by atoms with Crippen LogP contribution in [0.2, 0.25) is 0 Å². The molecule has 0 saturated heterocycles. The van der Waals surface area contributed by atoms with Crippen LogP contribution in [0.4, 0.5) is 0 Å². The topological polar surface area (TPSA) is 49.8 Å². The largest absolute Gasteiger partial charge is 0.431 e. The summed E-state index contributed by atoms with van der Waals surface area (Å²) in [7, 11) is 0. The number of nitrogens with zero attached hydrogens (tertiary/aromatic N) is 2. The monoisotopic (exact) mass is 280 g/mol. The van der Waals surface area contributed by atoms with Crippen LogP contribution >= 0.6 is 11.8 Å². The van der Waals surface area contributed by atoms with Gasteiger partial charge in [0.15, 0.2) is 5.58 Å². The number of fused-ring (bicyclic) bond motifs is 1. The number of oxazole rings is 1. The van der Waals surface area contributed by atoms with Crippen molar-refractivity contribution >= 4 is 22.9 Å². The van der Waals surface area contributed by atoms with Crippen molar-refractivity contribution in [3.05, 3.63) is 59.2 Å². The van der Waals surface area contributed by atoms with Gasteiger partial charge in [0.2, 0.25) is 0 Å². The molecule has 0 atom stereocenters. The first-order valence-electron chi connectivity index (χ1n) is 6.24. The molecule has 4 heteroatoms. The minimum Gasteiger partial charge on any atom is -0.431 e. The van der Waals surface area contributed by atoms with E-state index in [1.54, 1.807) is 11.8 Å². The normalized spacial score (nSPS) is 10.6. The molecule has 0 aliphatic heterocycles. The molecule has 3 aromatic rings. The third-order valence-corrected chi connectivity index (χ3v) is 3.97. The maximum Gasteiger partial charge on any atom is 0.257 e. The molecule has 0 spiro atoms. The Morgan fingerprint density at radius 1 is 1.25 bits per heavy atom. The van der Waals surface area contributed by atoms with E-state index >= 15 is 0 Å². The molecule has 1 heterocycles. The average Bonchev–Trinajstić information content (AvgIpc) is 2.88. The summed E-state index contributed by atoms with van der Waals surface area (Å²) >= 11 is 1.57. The number of para-hydroxylation sites is 2. The summed E-state index contributed by atoms with van der Waals surface area (Å²) < 4.78 is 5.67. The van der Waals surface area contributed by atoms with Crippen molar-refractivity contribution in [3.63, 3.8) is 0 Å². The second-order valence-electron chi connectivity index (χ2n) is 4.49. The molecule has 3 nitrogen and oxygen atoms in total. The number of aromatic nitrogens is 1. The molecule has 3 rings (SSSR count). The number of hydrogen-bond donors (Lipinski definition) is 0. The van der Waals surface area contributed by atoms with E-state index < -0.39 is 0 Å². The Hall–Kier alpha value is -2.25. The summed E-state index contributed by atoms with van der Waals surface area (Å²) in [6.45, 7) is 2.02. The van der Waals surface area contributed by atoms with E-state index in [4.69, 9.17) is 9.68 Å². The first-order chi connectivity index (χ1) is 9.76. The maximum atomic E-state index is 8.86. The van der Waals surface area contributed by atoms with Crippen LogP contribution in [0.15, 0.2) is 52.1 Å². The van der Waals surface area contributed by atoms with Gasteiger partial charge in [-0.05, 0) is 42.3 Å². The number of nitriles is 1. The second kappa shape index (κ2) is 5.40. The van der Waals surface area contributed by atoms with Gasteiger partial charge in [0.05, 0.1) is 11.6 Å². The smallest absolute Gasteiger partial charge is 0.257 e. The second-order valence-corrected chi connectivity index (χ2v) is 5.42. The van der Waals surface area contributed by atoms with E-state index in [-0.39, 0.29) is 0 Å². The average molecular weight is 280 g/mol. The van der Waals surface area contributed by atoms with Crippen LogP contribution in [0.5, 0.6) is 0 Å². The lowest BCUT2D eigenvalue weighted by Crippen LogP contribution is -1.88. The van der Waals surface area contributed by atoms with E-state index in [0.29, 0.717) is 10.8 Å². The number of rotatable bonds is 3. The summed E-state index contributed by atoms with van der Waals surface area (Å²) in [6.07, 6.45) is 0. The Labute approximate surface area is 121 Å². The Bertz CT molecular complexity index is 769. The van der Waals surface area contributed by atoms with E-state index in [1.165, 1.54) is 5.56 Å². The first-order valence-corrected chi connectivity index (χ1v) is 7.23. The molecule has 2 aromatic carbocycles. The van der Waals surface area contributed by atoms with Gasteiger partial charge in [-0.3, -0.25) is 0 Å².